The molecular formula is C6H8NO3. The number of carboxylic acid groups (broad SMARTS) is 1. The van der Waals surface area contributed by atoms with Gasteiger partial charge in [0.2, 0.25) is 0 Å². The van der Waals surface area contributed by atoms with E-state index in [1.807, 2.05) is 0 Å². The minimum atomic E-state index is -1.15. The normalized spacial score (nSPS) is 8.40. The van der Waals surface area contributed by atoms with E-state index in [1.54, 1.807) is 0 Å². The Balaban J connectivity index is 3.43. The fraction of sp³-hybridized carbons (Fsp3) is 0.333. The van der Waals surface area contributed by atoms with Gasteiger partial charge in [0.15, 0.2) is 0 Å². The zero-order chi connectivity index (χ0) is 7.98. The lowest BCUT2D eigenvalue weighted by molar-refractivity contribution is -0.140. The molecule has 0 unspecified atom stereocenters. The van der Waals surface area contributed by atoms with Crippen molar-refractivity contribution < 1.29 is 14.7 Å². The molecule has 0 saturated heterocycles. The van der Waals surface area contributed by atoms with Crippen molar-refractivity contribution in [2.75, 3.05) is 6.54 Å². The summed E-state index contributed by atoms with van der Waals surface area (Å²) in [6.45, 7) is 3.51. The Labute approximate surface area is 58.5 Å². The molecule has 1 N–H and O–H groups in total. The van der Waals surface area contributed by atoms with Crippen LogP contribution in [0.4, 0.5) is 0 Å². The van der Waals surface area contributed by atoms with Crippen LogP contribution < -0.4 is 5.32 Å². The lowest BCUT2D eigenvalue weighted by Gasteiger charge is -1.92. The van der Waals surface area contributed by atoms with Crippen LogP contribution in [0.15, 0.2) is 12.7 Å². The highest BCUT2D eigenvalue weighted by atomic mass is 16.4. The molecule has 4 heteroatoms. The van der Waals surface area contributed by atoms with Gasteiger partial charge in [-0.25, -0.2) is 5.32 Å². The first kappa shape index (κ1) is 8.68. The SMILES string of the molecule is C=CC[N]C(=O)CC(=O)O. The van der Waals surface area contributed by atoms with Crippen molar-refractivity contribution in [3.05, 3.63) is 12.7 Å². The minimum absolute atomic E-state index is 0.187. The number of nitrogens with zero attached hydrogens (tertiary/aromatic N) is 1. The van der Waals surface area contributed by atoms with Gasteiger partial charge in [-0.15, -0.1) is 6.58 Å². The van der Waals surface area contributed by atoms with Crippen molar-refractivity contribution in [3.8, 4) is 0 Å². The van der Waals surface area contributed by atoms with Crippen molar-refractivity contribution in [1.82, 2.24) is 5.32 Å². The van der Waals surface area contributed by atoms with Crippen LogP contribution in [0.3, 0.4) is 0 Å². The van der Waals surface area contributed by atoms with E-state index in [1.165, 1.54) is 6.08 Å². The summed E-state index contributed by atoms with van der Waals surface area (Å²) in [4.78, 5) is 20.3. The van der Waals surface area contributed by atoms with Crippen molar-refractivity contribution in [2.45, 2.75) is 6.42 Å². The van der Waals surface area contributed by atoms with Gasteiger partial charge in [0.1, 0.15) is 6.42 Å². The van der Waals surface area contributed by atoms with E-state index >= 15 is 0 Å². The van der Waals surface area contributed by atoms with E-state index in [0.29, 0.717) is 0 Å². The third kappa shape index (κ3) is 4.83. The number of rotatable bonds is 4. The maximum Gasteiger partial charge on any atom is 0.312 e. The molecule has 0 aliphatic rings. The Hall–Kier alpha value is -1.32. The fourth-order valence-electron chi connectivity index (χ4n) is 0.352. The van der Waals surface area contributed by atoms with Crippen molar-refractivity contribution in [3.63, 3.8) is 0 Å². The molecule has 1 amide bonds. The van der Waals surface area contributed by atoms with Gasteiger partial charge in [-0.05, 0) is 0 Å². The predicted octanol–water partition coefficient (Wildman–Crippen LogP) is -0.222. The van der Waals surface area contributed by atoms with Crippen LogP contribution in [0.5, 0.6) is 0 Å². The average Bonchev–Trinajstić information content (AvgIpc) is 1.82. The lowest BCUT2D eigenvalue weighted by atomic mass is 10.4. The Morgan fingerprint density at radius 3 is 2.60 bits per heavy atom. The van der Waals surface area contributed by atoms with Gasteiger partial charge >= 0.3 is 5.97 Å². The largest absolute Gasteiger partial charge is 0.481 e. The van der Waals surface area contributed by atoms with Crippen LogP contribution in [0.25, 0.3) is 0 Å². The summed E-state index contributed by atoms with van der Waals surface area (Å²) in [5.74, 6) is -1.77. The van der Waals surface area contributed by atoms with E-state index in [2.05, 4.69) is 11.9 Å². The van der Waals surface area contributed by atoms with Crippen LogP contribution in [0, 0.1) is 0 Å². The second-order valence-corrected chi connectivity index (χ2v) is 1.59. The predicted molar refractivity (Wildman–Crippen MR) is 34.5 cm³/mol. The van der Waals surface area contributed by atoms with E-state index in [9.17, 15) is 9.59 Å². The molecule has 0 aromatic carbocycles. The summed E-state index contributed by atoms with van der Waals surface area (Å²) >= 11 is 0. The van der Waals surface area contributed by atoms with Crippen molar-refractivity contribution >= 4 is 11.9 Å². The molecule has 0 spiro atoms. The van der Waals surface area contributed by atoms with Gasteiger partial charge in [-0.1, -0.05) is 6.08 Å². The fourth-order valence-corrected chi connectivity index (χ4v) is 0.352. The molecule has 4 nitrogen and oxygen atoms in total. The molecule has 0 aliphatic heterocycles. The van der Waals surface area contributed by atoms with Crippen molar-refractivity contribution in [2.24, 2.45) is 0 Å². The second-order valence-electron chi connectivity index (χ2n) is 1.59. The molecule has 10 heavy (non-hydrogen) atoms. The summed E-state index contributed by atoms with van der Waals surface area (Å²) in [5.41, 5.74) is 0. The number of carbonyl (C=O) groups excluding carboxylic acids is 1. The maximum atomic E-state index is 10.4. The summed E-state index contributed by atoms with van der Waals surface area (Å²) in [5, 5.41) is 11.4. The van der Waals surface area contributed by atoms with E-state index < -0.39 is 18.3 Å². The highest BCUT2D eigenvalue weighted by Crippen LogP contribution is 1.79. The molecule has 55 valence electrons. The number of hydrogen-bond acceptors (Lipinski definition) is 2. The topological polar surface area (TPSA) is 68.5 Å². The van der Waals surface area contributed by atoms with Crippen LogP contribution in [0.1, 0.15) is 6.42 Å². The Kier molecular flexibility index (Phi) is 3.95. The molecule has 0 rings (SSSR count). The van der Waals surface area contributed by atoms with Gasteiger partial charge in [-0.3, -0.25) is 9.59 Å². The van der Waals surface area contributed by atoms with Gasteiger partial charge < -0.3 is 5.11 Å². The molecule has 0 atom stereocenters. The van der Waals surface area contributed by atoms with Gasteiger partial charge in [0.05, 0.1) is 6.54 Å². The summed E-state index contributed by atoms with van der Waals surface area (Å²) in [7, 11) is 0. The van der Waals surface area contributed by atoms with Crippen LogP contribution in [-0.2, 0) is 9.59 Å². The summed E-state index contributed by atoms with van der Waals surface area (Å²) in [6.07, 6.45) is 0.896. The third-order valence-electron chi connectivity index (χ3n) is 0.699. The molecule has 0 aromatic heterocycles. The quantitative estimate of drug-likeness (QED) is 0.435. The van der Waals surface area contributed by atoms with E-state index in [-0.39, 0.29) is 6.54 Å². The molecule has 0 aromatic rings. The molecule has 0 fully saturated rings. The number of hydrogen-bond donors (Lipinski definition) is 1. The number of aliphatic carboxylic acids is 1. The molecular weight excluding hydrogens is 134 g/mol. The molecule has 1 radical (unpaired) electrons. The Morgan fingerprint density at radius 1 is 1.60 bits per heavy atom. The zero-order valence-corrected chi connectivity index (χ0v) is 5.41. The first-order valence-corrected chi connectivity index (χ1v) is 2.70. The highest BCUT2D eigenvalue weighted by Gasteiger charge is 2.06. The van der Waals surface area contributed by atoms with Gasteiger partial charge in [0.25, 0.3) is 5.91 Å². The molecule has 0 heterocycles. The van der Waals surface area contributed by atoms with Crippen molar-refractivity contribution in [1.29, 1.82) is 0 Å². The first-order chi connectivity index (χ1) is 4.66. The summed E-state index contributed by atoms with van der Waals surface area (Å²) in [6, 6.07) is 0. The van der Waals surface area contributed by atoms with Crippen LogP contribution in [-0.4, -0.2) is 23.5 Å². The number of carbonyl (C=O) groups is 2. The molecule has 0 saturated carbocycles. The third-order valence-corrected chi connectivity index (χ3v) is 0.699. The Morgan fingerprint density at radius 2 is 2.20 bits per heavy atom. The summed E-state index contributed by atoms with van der Waals surface area (Å²) < 4.78 is 0. The monoisotopic (exact) mass is 142 g/mol. The standard InChI is InChI=1S/C6H8NO3/c1-2-3-7-5(8)4-6(9)10/h2H,1,3-4H2,(H,9,10). The Bertz CT molecular complexity index is 153. The van der Waals surface area contributed by atoms with E-state index in [4.69, 9.17) is 5.11 Å². The zero-order valence-electron chi connectivity index (χ0n) is 5.41. The van der Waals surface area contributed by atoms with Crippen LogP contribution in [0.2, 0.25) is 0 Å². The first-order valence-electron chi connectivity index (χ1n) is 2.70. The number of amides is 1. The molecule has 0 bridgehead atoms. The van der Waals surface area contributed by atoms with Crippen LogP contribution >= 0.6 is 0 Å². The number of carboxylic acids is 1. The smallest absolute Gasteiger partial charge is 0.312 e. The highest BCUT2D eigenvalue weighted by molar-refractivity contribution is 5.93. The second kappa shape index (κ2) is 4.55. The van der Waals surface area contributed by atoms with Gasteiger partial charge in [0, 0.05) is 0 Å². The minimum Gasteiger partial charge on any atom is -0.481 e. The van der Waals surface area contributed by atoms with Gasteiger partial charge in [-0.2, -0.15) is 0 Å². The average molecular weight is 142 g/mol. The lowest BCUT2D eigenvalue weighted by Crippen LogP contribution is -2.18. The molecule has 0 aliphatic carbocycles. The maximum absolute atomic E-state index is 10.4. The van der Waals surface area contributed by atoms with E-state index in [0.717, 1.165) is 0 Å².